The molecule has 0 bridgehead atoms. The summed E-state index contributed by atoms with van der Waals surface area (Å²) in [5.74, 6) is 0.287. The van der Waals surface area contributed by atoms with Gasteiger partial charge in [0, 0.05) is 6.54 Å². The fraction of sp³-hybridized carbons (Fsp3) is 0.457. The third-order valence-corrected chi connectivity index (χ3v) is 11.2. The molecular formula is C35H47Cl2N3O6S2. The maximum atomic E-state index is 13.3. The molecule has 1 amide bonds. The first-order chi connectivity index (χ1) is 23.0. The lowest BCUT2D eigenvalue weighted by Gasteiger charge is -2.14. The number of anilines is 2. The van der Waals surface area contributed by atoms with Crippen molar-refractivity contribution in [2.75, 3.05) is 16.6 Å². The van der Waals surface area contributed by atoms with Gasteiger partial charge in [0.15, 0.2) is 0 Å². The van der Waals surface area contributed by atoms with E-state index in [-0.39, 0.29) is 43.5 Å². The smallest absolute Gasteiger partial charge is 0.410 e. The Balaban J connectivity index is 1.46. The third-order valence-electron chi connectivity index (χ3n) is 7.75. The molecule has 3 aromatic rings. The molecule has 0 saturated heterocycles. The van der Waals surface area contributed by atoms with Crippen LogP contribution in [0.2, 0.25) is 10.0 Å². The molecule has 264 valence electrons. The van der Waals surface area contributed by atoms with Crippen molar-refractivity contribution in [2.45, 2.75) is 107 Å². The number of sulfonamides is 2. The van der Waals surface area contributed by atoms with E-state index in [1.54, 1.807) is 30.3 Å². The van der Waals surface area contributed by atoms with Crippen LogP contribution >= 0.6 is 23.2 Å². The van der Waals surface area contributed by atoms with Crippen LogP contribution in [0.4, 0.5) is 16.2 Å². The molecule has 3 rings (SSSR count). The maximum Gasteiger partial charge on any atom is 0.417 e. The van der Waals surface area contributed by atoms with Gasteiger partial charge in [0.25, 0.3) is 10.0 Å². The molecule has 0 aliphatic rings. The number of rotatable bonds is 22. The Morgan fingerprint density at radius 3 is 1.67 bits per heavy atom. The standard InChI is InChI=1S/C35H47Cl2N3O6S2/c1-2-3-4-5-6-7-8-9-10-11-12-13-14-18-25-38-47(42,43)29-21-24-32(37)34(27-29)40-48(44,45)30-22-23-31(36)33(26-30)39-35(41)46-28-19-16-15-17-20-28/h15-17,19-24,26-27,38,40H,2-14,18,25H2,1H3,(H,39,41). The summed E-state index contributed by atoms with van der Waals surface area (Å²) in [6, 6.07) is 15.8. The zero-order valence-electron chi connectivity index (χ0n) is 27.5. The summed E-state index contributed by atoms with van der Waals surface area (Å²) in [5, 5.41) is 2.51. The van der Waals surface area contributed by atoms with Crippen LogP contribution in [-0.4, -0.2) is 29.5 Å². The fourth-order valence-corrected chi connectivity index (χ4v) is 7.64. The maximum absolute atomic E-state index is 13.3. The van der Waals surface area contributed by atoms with Crippen LogP contribution < -0.4 is 19.5 Å². The van der Waals surface area contributed by atoms with Gasteiger partial charge in [-0.1, -0.05) is 132 Å². The van der Waals surface area contributed by atoms with Crippen LogP contribution in [0, 0.1) is 0 Å². The third kappa shape index (κ3) is 14.0. The van der Waals surface area contributed by atoms with Gasteiger partial charge < -0.3 is 4.74 Å². The van der Waals surface area contributed by atoms with E-state index in [4.69, 9.17) is 27.9 Å². The fourth-order valence-electron chi connectivity index (χ4n) is 5.06. The molecule has 0 heterocycles. The Morgan fingerprint density at radius 2 is 1.10 bits per heavy atom. The van der Waals surface area contributed by atoms with Crippen molar-refractivity contribution in [3.8, 4) is 5.75 Å². The molecule has 0 aliphatic heterocycles. The predicted octanol–water partition coefficient (Wildman–Crippen LogP) is 10.2. The summed E-state index contributed by atoms with van der Waals surface area (Å²) in [6.07, 6.45) is 16.1. The highest BCUT2D eigenvalue weighted by molar-refractivity contribution is 7.92. The highest BCUT2D eigenvalue weighted by Gasteiger charge is 2.21. The number of unbranched alkanes of at least 4 members (excludes halogenated alkanes) is 13. The zero-order valence-corrected chi connectivity index (χ0v) is 30.6. The first-order valence-electron chi connectivity index (χ1n) is 16.7. The molecule has 3 aromatic carbocycles. The zero-order chi connectivity index (χ0) is 34.8. The van der Waals surface area contributed by atoms with Gasteiger partial charge in [0.1, 0.15) is 5.75 Å². The average molecular weight is 741 g/mol. The van der Waals surface area contributed by atoms with Gasteiger partial charge in [-0.15, -0.1) is 0 Å². The van der Waals surface area contributed by atoms with Crippen LogP contribution in [0.15, 0.2) is 76.5 Å². The van der Waals surface area contributed by atoms with E-state index >= 15 is 0 Å². The molecule has 0 spiro atoms. The van der Waals surface area contributed by atoms with Gasteiger partial charge in [0.05, 0.1) is 31.2 Å². The predicted molar refractivity (Wildman–Crippen MR) is 195 cm³/mol. The number of hydrogen-bond donors (Lipinski definition) is 3. The van der Waals surface area contributed by atoms with E-state index in [1.165, 1.54) is 94.5 Å². The molecule has 0 atom stereocenters. The second-order valence-corrected chi connectivity index (χ2v) is 16.0. The van der Waals surface area contributed by atoms with E-state index in [0.717, 1.165) is 25.3 Å². The van der Waals surface area contributed by atoms with Crippen LogP contribution in [0.3, 0.4) is 0 Å². The monoisotopic (exact) mass is 739 g/mol. The molecule has 0 radical (unpaired) electrons. The summed E-state index contributed by atoms with van der Waals surface area (Å²) in [6.45, 7) is 2.51. The minimum atomic E-state index is -4.28. The van der Waals surface area contributed by atoms with E-state index in [0.29, 0.717) is 6.42 Å². The largest absolute Gasteiger partial charge is 0.417 e. The number of benzene rings is 3. The number of carbonyl (C=O) groups excluding carboxylic acids is 1. The Labute approximate surface area is 296 Å². The Morgan fingerprint density at radius 1 is 0.625 bits per heavy atom. The lowest BCUT2D eigenvalue weighted by Crippen LogP contribution is -2.25. The van der Waals surface area contributed by atoms with Crippen LogP contribution in [0.25, 0.3) is 0 Å². The van der Waals surface area contributed by atoms with E-state index in [2.05, 4.69) is 21.7 Å². The molecule has 0 aromatic heterocycles. The van der Waals surface area contributed by atoms with Gasteiger partial charge in [-0.3, -0.25) is 10.0 Å². The second-order valence-electron chi connectivity index (χ2n) is 11.7. The van der Waals surface area contributed by atoms with E-state index in [1.807, 2.05) is 0 Å². The molecule has 48 heavy (non-hydrogen) atoms. The molecule has 9 nitrogen and oxygen atoms in total. The van der Waals surface area contributed by atoms with Crippen LogP contribution in [0.5, 0.6) is 5.75 Å². The molecular weight excluding hydrogens is 693 g/mol. The highest BCUT2D eigenvalue weighted by atomic mass is 35.5. The molecule has 0 aliphatic carbocycles. The number of nitrogens with one attached hydrogen (secondary N) is 3. The second kappa shape index (κ2) is 20.6. The number of para-hydroxylation sites is 1. The van der Waals surface area contributed by atoms with Gasteiger partial charge in [-0.2, -0.15) is 0 Å². The van der Waals surface area contributed by atoms with Crippen molar-refractivity contribution >= 4 is 60.7 Å². The summed E-state index contributed by atoms with van der Waals surface area (Å²) < 4.78 is 62.6. The van der Waals surface area contributed by atoms with E-state index in [9.17, 15) is 21.6 Å². The Hall–Kier alpha value is -2.83. The van der Waals surface area contributed by atoms with Crippen molar-refractivity contribution in [3.05, 3.63) is 76.8 Å². The molecule has 0 fully saturated rings. The van der Waals surface area contributed by atoms with Crippen molar-refractivity contribution in [2.24, 2.45) is 0 Å². The van der Waals surface area contributed by atoms with E-state index < -0.39 is 26.1 Å². The average Bonchev–Trinajstić information content (AvgIpc) is 3.05. The van der Waals surface area contributed by atoms with Gasteiger partial charge in [-0.25, -0.2) is 26.4 Å². The number of amides is 1. The summed E-state index contributed by atoms with van der Waals surface area (Å²) in [7, 11) is -8.19. The Kier molecular flexibility index (Phi) is 17.0. The number of halogens is 2. The van der Waals surface area contributed by atoms with Crippen LogP contribution in [-0.2, 0) is 20.0 Å². The van der Waals surface area contributed by atoms with Gasteiger partial charge >= 0.3 is 6.09 Å². The first-order valence-corrected chi connectivity index (χ1v) is 20.4. The molecule has 0 unspecified atom stereocenters. The van der Waals surface area contributed by atoms with Gasteiger partial charge in [-0.05, 0) is 55.0 Å². The Bertz CT molecular complexity index is 1660. The number of hydrogen-bond acceptors (Lipinski definition) is 6. The van der Waals surface area contributed by atoms with Crippen molar-refractivity contribution in [1.82, 2.24) is 4.72 Å². The van der Waals surface area contributed by atoms with Crippen molar-refractivity contribution < 1.29 is 26.4 Å². The van der Waals surface area contributed by atoms with Crippen LogP contribution in [0.1, 0.15) is 96.8 Å². The quantitative estimate of drug-likeness (QED) is 0.0879. The molecule has 0 saturated carbocycles. The SMILES string of the molecule is CCCCCCCCCCCCCCCCNS(=O)(=O)c1ccc(Cl)c(NS(=O)(=O)c2ccc(Cl)c(NC(=O)Oc3ccccc3)c2)c1. The summed E-state index contributed by atoms with van der Waals surface area (Å²) in [5.41, 5.74) is -0.125. The van der Waals surface area contributed by atoms with Gasteiger partial charge in [0.2, 0.25) is 10.0 Å². The topological polar surface area (TPSA) is 131 Å². The van der Waals surface area contributed by atoms with Crippen molar-refractivity contribution in [1.29, 1.82) is 0 Å². The highest BCUT2D eigenvalue weighted by Crippen LogP contribution is 2.30. The normalized spacial score (nSPS) is 11.7. The first kappa shape index (κ1) is 39.6. The summed E-state index contributed by atoms with van der Waals surface area (Å²) in [4.78, 5) is 12.0. The summed E-state index contributed by atoms with van der Waals surface area (Å²) >= 11 is 12.4. The number of carbonyl (C=O) groups is 1. The lowest BCUT2D eigenvalue weighted by molar-refractivity contribution is 0.215. The minimum Gasteiger partial charge on any atom is -0.410 e. The lowest BCUT2D eigenvalue weighted by atomic mass is 10.0. The minimum absolute atomic E-state index is 0.00301. The molecule has 13 heteroatoms. The van der Waals surface area contributed by atoms with Crippen molar-refractivity contribution in [3.63, 3.8) is 0 Å². The molecule has 3 N–H and O–H groups in total. The number of ether oxygens (including phenoxy) is 1.